The summed E-state index contributed by atoms with van der Waals surface area (Å²) >= 11 is 0. The van der Waals surface area contributed by atoms with E-state index >= 15 is 0 Å². The molecule has 1 atom stereocenters. The minimum absolute atomic E-state index is 0.0601. The third-order valence-electron chi connectivity index (χ3n) is 6.21. The number of nitrogens with zero attached hydrogens (tertiary/aromatic N) is 3. The van der Waals surface area contributed by atoms with Gasteiger partial charge in [0.25, 0.3) is 0 Å². The monoisotopic (exact) mass is 450 g/mol. The smallest absolute Gasteiger partial charge is 0.241 e. The van der Waals surface area contributed by atoms with E-state index in [9.17, 15) is 4.79 Å². The first-order chi connectivity index (χ1) is 16.0. The molecule has 174 valence electrons. The quantitative estimate of drug-likeness (QED) is 0.576. The molecule has 0 radical (unpaired) electrons. The average Bonchev–Trinajstić information content (AvgIpc) is 3.30. The van der Waals surface area contributed by atoms with Crippen molar-refractivity contribution in [3.63, 3.8) is 0 Å². The highest BCUT2D eigenvalue weighted by Crippen LogP contribution is 2.31. The lowest BCUT2D eigenvalue weighted by molar-refractivity contribution is -0.121. The molecule has 33 heavy (non-hydrogen) atoms. The van der Waals surface area contributed by atoms with E-state index in [-0.39, 0.29) is 11.8 Å². The van der Waals surface area contributed by atoms with Gasteiger partial charge < -0.3 is 19.3 Å². The molecular formula is C25H30N4O4. The standard InChI is InChI=1S/C25H30N4O4/c1-16-7-5-9-20(17(16)2)26-25(30)19-8-6-12-29(14-19)15-23-27-24(28-33-23)18-10-11-21(31-3)22(13-18)32-4/h5,7,9-11,13,19H,6,8,12,14-15H2,1-4H3,(H,26,30)/t19-/m1/s1. The summed E-state index contributed by atoms with van der Waals surface area (Å²) in [5.74, 6) is 2.25. The Morgan fingerprint density at radius 2 is 2.00 bits per heavy atom. The molecule has 8 nitrogen and oxygen atoms in total. The molecule has 3 aromatic rings. The van der Waals surface area contributed by atoms with Crippen LogP contribution in [0.2, 0.25) is 0 Å². The second-order valence-electron chi connectivity index (χ2n) is 8.39. The van der Waals surface area contributed by atoms with Crippen LogP contribution in [0.3, 0.4) is 0 Å². The number of anilines is 1. The first kappa shape index (κ1) is 22.8. The molecule has 1 saturated heterocycles. The minimum atomic E-state index is -0.0769. The third-order valence-corrected chi connectivity index (χ3v) is 6.21. The summed E-state index contributed by atoms with van der Waals surface area (Å²) < 4.78 is 16.1. The van der Waals surface area contributed by atoms with Gasteiger partial charge in [0, 0.05) is 17.8 Å². The molecule has 0 saturated carbocycles. The first-order valence-corrected chi connectivity index (χ1v) is 11.1. The van der Waals surface area contributed by atoms with E-state index in [1.54, 1.807) is 14.2 Å². The fourth-order valence-electron chi connectivity index (χ4n) is 4.14. The topological polar surface area (TPSA) is 89.7 Å². The summed E-state index contributed by atoms with van der Waals surface area (Å²) in [6.07, 6.45) is 1.81. The number of ether oxygens (including phenoxy) is 2. The number of carbonyl (C=O) groups excluding carboxylic acids is 1. The molecule has 2 heterocycles. The second kappa shape index (κ2) is 10.0. The van der Waals surface area contributed by atoms with Crippen molar-refractivity contribution in [2.75, 3.05) is 32.6 Å². The van der Waals surface area contributed by atoms with Crippen molar-refractivity contribution in [3.05, 3.63) is 53.4 Å². The molecule has 0 unspecified atom stereocenters. The Morgan fingerprint density at radius 3 is 2.79 bits per heavy atom. The predicted octanol–water partition coefficient (Wildman–Crippen LogP) is 4.22. The molecule has 2 aromatic carbocycles. The zero-order chi connectivity index (χ0) is 23.4. The number of carbonyl (C=O) groups is 1. The Labute approximate surface area is 193 Å². The van der Waals surface area contributed by atoms with E-state index in [0.717, 1.165) is 36.2 Å². The molecule has 1 fully saturated rings. The van der Waals surface area contributed by atoms with Crippen LogP contribution in [0, 0.1) is 19.8 Å². The number of nitrogens with one attached hydrogen (secondary N) is 1. The number of piperidine rings is 1. The summed E-state index contributed by atoms with van der Waals surface area (Å²) in [4.78, 5) is 19.7. The lowest BCUT2D eigenvalue weighted by Crippen LogP contribution is -2.40. The van der Waals surface area contributed by atoms with Gasteiger partial charge in [0.1, 0.15) is 0 Å². The summed E-state index contributed by atoms with van der Waals surface area (Å²) in [5, 5.41) is 7.23. The van der Waals surface area contributed by atoms with Crippen LogP contribution < -0.4 is 14.8 Å². The summed E-state index contributed by atoms with van der Waals surface area (Å²) in [7, 11) is 3.19. The number of aromatic nitrogens is 2. The van der Waals surface area contributed by atoms with Crippen molar-refractivity contribution in [1.82, 2.24) is 15.0 Å². The van der Waals surface area contributed by atoms with Crippen molar-refractivity contribution in [2.24, 2.45) is 5.92 Å². The highest BCUT2D eigenvalue weighted by Gasteiger charge is 2.27. The fourth-order valence-corrected chi connectivity index (χ4v) is 4.14. The molecule has 1 amide bonds. The first-order valence-electron chi connectivity index (χ1n) is 11.1. The van der Waals surface area contributed by atoms with Crippen LogP contribution in [0.5, 0.6) is 11.5 Å². The van der Waals surface area contributed by atoms with Gasteiger partial charge in [-0.05, 0) is 68.6 Å². The number of likely N-dealkylation sites (tertiary alicyclic amines) is 1. The van der Waals surface area contributed by atoms with Gasteiger partial charge in [-0.2, -0.15) is 4.98 Å². The van der Waals surface area contributed by atoms with Crippen molar-refractivity contribution in [2.45, 2.75) is 33.2 Å². The van der Waals surface area contributed by atoms with Crippen LogP contribution >= 0.6 is 0 Å². The predicted molar refractivity (Wildman–Crippen MR) is 125 cm³/mol. The molecule has 0 aliphatic carbocycles. The van der Waals surface area contributed by atoms with Crippen molar-refractivity contribution in [3.8, 4) is 22.9 Å². The van der Waals surface area contributed by atoms with Gasteiger partial charge in [-0.15, -0.1) is 0 Å². The highest BCUT2D eigenvalue weighted by atomic mass is 16.5. The zero-order valence-corrected chi connectivity index (χ0v) is 19.6. The lowest BCUT2D eigenvalue weighted by Gasteiger charge is -2.31. The summed E-state index contributed by atoms with van der Waals surface area (Å²) in [5.41, 5.74) is 3.94. The molecule has 4 rings (SSSR count). The van der Waals surface area contributed by atoms with Gasteiger partial charge >= 0.3 is 0 Å². The zero-order valence-electron chi connectivity index (χ0n) is 19.6. The number of methoxy groups -OCH3 is 2. The molecule has 0 bridgehead atoms. The van der Waals surface area contributed by atoms with Gasteiger partial charge in [0.05, 0.1) is 26.7 Å². The lowest BCUT2D eigenvalue weighted by atomic mass is 9.96. The second-order valence-corrected chi connectivity index (χ2v) is 8.39. The third kappa shape index (κ3) is 5.17. The van der Waals surface area contributed by atoms with Gasteiger partial charge in [0.15, 0.2) is 11.5 Å². The Kier molecular flexibility index (Phi) is 6.93. The molecule has 8 heteroatoms. The Bertz CT molecular complexity index is 1130. The maximum atomic E-state index is 12.9. The van der Waals surface area contributed by atoms with E-state index in [1.165, 1.54) is 5.56 Å². The molecule has 1 aromatic heterocycles. The van der Waals surface area contributed by atoms with Crippen LogP contribution in [0.15, 0.2) is 40.9 Å². The Morgan fingerprint density at radius 1 is 1.18 bits per heavy atom. The van der Waals surface area contributed by atoms with Gasteiger partial charge in [-0.25, -0.2) is 0 Å². The van der Waals surface area contributed by atoms with Crippen LogP contribution in [0.4, 0.5) is 5.69 Å². The minimum Gasteiger partial charge on any atom is -0.493 e. The largest absolute Gasteiger partial charge is 0.493 e. The van der Waals surface area contributed by atoms with E-state index in [1.807, 2.05) is 50.2 Å². The van der Waals surface area contributed by atoms with Crippen molar-refractivity contribution >= 4 is 11.6 Å². The number of amides is 1. The maximum absolute atomic E-state index is 12.9. The SMILES string of the molecule is COc1ccc(-c2noc(CN3CCC[C@@H](C(=O)Nc4cccc(C)c4C)C3)n2)cc1OC. The van der Waals surface area contributed by atoms with Crippen LogP contribution in [0.1, 0.15) is 29.9 Å². The molecule has 1 aliphatic rings. The number of hydrogen-bond donors (Lipinski definition) is 1. The van der Waals surface area contributed by atoms with Crippen molar-refractivity contribution in [1.29, 1.82) is 0 Å². The number of rotatable bonds is 7. The number of aryl methyl sites for hydroxylation is 1. The van der Waals surface area contributed by atoms with E-state index in [4.69, 9.17) is 14.0 Å². The average molecular weight is 451 g/mol. The van der Waals surface area contributed by atoms with E-state index < -0.39 is 0 Å². The van der Waals surface area contributed by atoms with Crippen LogP contribution in [0.25, 0.3) is 11.4 Å². The molecular weight excluding hydrogens is 420 g/mol. The van der Waals surface area contributed by atoms with Gasteiger partial charge in [0.2, 0.25) is 17.6 Å². The number of benzene rings is 2. The van der Waals surface area contributed by atoms with E-state index in [2.05, 4.69) is 20.4 Å². The maximum Gasteiger partial charge on any atom is 0.241 e. The molecule has 1 N–H and O–H groups in total. The van der Waals surface area contributed by atoms with E-state index in [0.29, 0.717) is 36.3 Å². The molecule has 0 spiro atoms. The normalized spacial score (nSPS) is 16.4. The Hall–Kier alpha value is -3.39. The van der Waals surface area contributed by atoms with Gasteiger partial charge in [-0.1, -0.05) is 17.3 Å². The number of hydrogen-bond acceptors (Lipinski definition) is 7. The summed E-state index contributed by atoms with van der Waals surface area (Å²) in [6, 6.07) is 11.5. The van der Waals surface area contributed by atoms with Crippen LogP contribution in [-0.4, -0.2) is 48.3 Å². The fraction of sp³-hybridized carbons (Fsp3) is 0.400. The molecule has 1 aliphatic heterocycles. The summed E-state index contributed by atoms with van der Waals surface area (Å²) in [6.45, 7) is 6.14. The van der Waals surface area contributed by atoms with Crippen molar-refractivity contribution < 1.29 is 18.8 Å². The van der Waals surface area contributed by atoms with Crippen LogP contribution in [-0.2, 0) is 11.3 Å². The highest BCUT2D eigenvalue weighted by molar-refractivity contribution is 5.93. The Balaban J connectivity index is 1.39. The van der Waals surface area contributed by atoms with Gasteiger partial charge in [-0.3, -0.25) is 9.69 Å².